The van der Waals surface area contributed by atoms with Crippen LogP contribution in [0.3, 0.4) is 0 Å². The Morgan fingerprint density at radius 2 is 1.66 bits per heavy atom. The predicted molar refractivity (Wildman–Crippen MR) is 118 cm³/mol. The highest BCUT2D eigenvalue weighted by atomic mass is 19.1. The number of nitrogens with one attached hydrogen (secondary N) is 1. The SMILES string of the molecule is C=NC(=N/C(=C\CC(=O)OC)N[C@@H](C)C(=O)OC)c1ccc(Oc2ccc(F)cc2)cc1. The van der Waals surface area contributed by atoms with Crippen LogP contribution < -0.4 is 10.1 Å². The van der Waals surface area contributed by atoms with Crippen molar-refractivity contribution in [2.75, 3.05) is 14.2 Å². The second-order valence-corrected chi connectivity index (χ2v) is 6.43. The van der Waals surface area contributed by atoms with E-state index in [4.69, 9.17) is 9.47 Å². The molecule has 0 heterocycles. The largest absolute Gasteiger partial charge is 0.469 e. The third-order valence-electron chi connectivity index (χ3n) is 4.15. The summed E-state index contributed by atoms with van der Waals surface area (Å²) in [6.45, 7) is 5.14. The van der Waals surface area contributed by atoms with Crippen molar-refractivity contribution in [1.29, 1.82) is 0 Å². The minimum Gasteiger partial charge on any atom is -0.469 e. The Hall–Kier alpha value is -4.01. The Bertz CT molecular complexity index is 1000. The Kier molecular flexibility index (Phi) is 9.09. The van der Waals surface area contributed by atoms with Gasteiger partial charge in [-0.1, -0.05) is 0 Å². The topological polar surface area (TPSA) is 98.6 Å². The van der Waals surface area contributed by atoms with Gasteiger partial charge in [-0.25, -0.2) is 19.2 Å². The van der Waals surface area contributed by atoms with Gasteiger partial charge in [-0.15, -0.1) is 0 Å². The lowest BCUT2D eigenvalue weighted by Crippen LogP contribution is -2.34. The first-order valence-electron chi connectivity index (χ1n) is 9.57. The average molecular weight is 441 g/mol. The van der Waals surface area contributed by atoms with Gasteiger partial charge in [0.2, 0.25) is 0 Å². The molecule has 0 aliphatic rings. The quantitative estimate of drug-likeness (QED) is 0.363. The van der Waals surface area contributed by atoms with E-state index in [9.17, 15) is 14.0 Å². The first-order valence-corrected chi connectivity index (χ1v) is 9.57. The number of carbonyl (C=O) groups excluding carboxylic acids is 2. The summed E-state index contributed by atoms with van der Waals surface area (Å²) in [5, 5.41) is 2.88. The first-order chi connectivity index (χ1) is 15.4. The highest BCUT2D eigenvalue weighted by Gasteiger charge is 2.15. The summed E-state index contributed by atoms with van der Waals surface area (Å²) in [7, 11) is 2.55. The number of hydrogen-bond acceptors (Lipinski definition) is 7. The molecule has 1 atom stereocenters. The molecule has 168 valence electrons. The Labute approximate surface area is 185 Å². The van der Waals surface area contributed by atoms with Gasteiger partial charge in [-0.3, -0.25) is 4.79 Å². The molecule has 0 unspecified atom stereocenters. The molecular formula is C23H24FN3O5. The zero-order chi connectivity index (χ0) is 23.5. The number of amidine groups is 1. The van der Waals surface area contributed by atoms with Crippen LogP contribution in [0, 0.1) is 5.82 Å². The fraction of sp³-hybridized carbons (Fsp3) is 0.217. The fourth-order valence-corrected chi connectivity index (χ4v) is 2.47. The van der Waals surface area contributed by atoms with E-state index in [-0.39, 0.29) is 23.9 Å². The zero-order valence-corrected chi connectivity index (χ0v) is 18.0. The molecule has 0 saturated carbocycles. The number of nitrogens with zero attached hydrogens (tertiary/aromatic N) is 2. The second-order valence-electron chi connectivity index (χ2n) is 6.43. The van der Waals surface area contributed by atoms with Crippen LogP contribution in [0.15, 0.2) is 70.4 Å². The minimum atomic E-state index is -0.717. The normalized spacial score (nSPS) is 12.5. The van der Waals surface area contributed by atoms with Gasteiger partial charge >= 0.3 is 11.9 Å². The van der Waals surface area contributed by atoms with Crippen LogP contribution in [0.25, 0.3) is 0 Å². The number of rotatable bonds is 9. The van der Waals surface area contributed by atoms with Gasteiger partial charge in [0.15, 0.2) is 5.84 Å². The van der Waals surface area contributed by atoms with Crippen molar-refractivity contribution in [3.63, 3.8) is 0 Å². The Balaban J connectivity index is 2.24. The number of aliphatic imine (C=N–C) groups is 2. The maximum Gasteiger partial charge on any atom is 0.328 e. The monoisotopic (exact) mass is 441 g/mol. The first kappa shape index (κ1) is 24.3. The van der Waals surface area contributed by atoms with Crippen molar-refractivity contribution in [3.05, 3.63) is 71.8 Å². The van der Waals surface area contributed by atoms with E-state index in [1.165, 1.54) is 44.6 Å². The van der Waals surface area contributed by atoms with E-state index in [0.29, 0.717) is 17.1 Å². The van der Waals surface area contributed by atoms with Crippen LogP contribution in [0.4, 0.5) is 4.39 Å². The standard InChI is InChI=1S/C23H24FN3O5/c1-15(23(29)31-4)26-20(13-14-21(28)30-3)27-22(25-2)16-5-9-18(10-6-16)32-19-11-7-17(24)8-12-19/h5-13,15,26H,2,14H2,1,3-4H3/b20-13-,27-22?/t15-/m0/s1. The summed E-state index contributed by atoms with van der Waals surface area (Å²) in [6.07, 6.45) is 1.41. The van der Waals surface area contributed by atoms with Crippen molar-refractivity contribution in [2.24, 2.45) is 9.98 Å². The molecule has 0 saturated heterocycles. The van der Waals surface area contributed by atoms with Crippen molar-refractivity contribution in [1.82, 2.24) is 5.32 Å². The second kappa shape index (κ2) is 12.0. The highest BCUT2D eigenvalue weighted by molar-refractivity contribution is 6.02. The summed E-state index contributed by atoms with van der Waals surface area (Å²) in [4.78, 5) is 31.6. The molecule has 0 aliphatic heterocycles. The molecule has 1 N–H and O–H groups in total. The molecule has 0 bridgehead atoms. The van der Waals surface area contributed by atoms with E-state index in [1.54, 1.807) is 31.2 Å². The van der Waals surface area contributed by atoms with Crippen molar-refractivity contribution < 1.29 is 28.2 Å². The number of esters is 2. The zero-order valence-electron chi connectivity index (χ0n) is 18.0. The lowest BCUT2D eigenvalue weighted by molar-refractivity contribution is -0.142. The molecule has 2 aromatic carbocycles. The Morgan fingerprint density at radius 3 is 2.19 bits per heavy atom. The van der Waals surface area contributed by atoms with Gasteiger partial charge in [0.25, 0.3) is 0 Å². The number of halogens is 1. The number of hydrogen-bond donors (Lipinski definition) is 1. The molecule has 8 nitrogen and oxygen atoms in total. The Morgan fingerprint density at radius 1 is 1.06 bits per heavy atom. The van der Waals surface area contributed by atoms with Crippen molar-refractivity contribution >= 4 is 24.5 Å². The lowest BCUT2D eigenvalue weighted by Gasteiger charge is -2.14. The van der Waals surface area contributed by atoms with Gasteiger partial charge in [0.05, 0.1) is 20.6 Å². The minimum absolute atomic E-state index is 0.0644. The van der Waals surface area contributed by atoms with Crippen molar-refractivity contribution in [2.45, 2.75) is 19.4 Å². The van der Waals surface area contributed by atoms with Crippen LogP contribution in [-0.2, 0) is 19.1 Å². The summed E-state index contributed by atoms with van der Waals surface area (Å²) < 4.78 is 28.0. The molecule has 0 fully saturated rings. The molecule has 0 aliphatic carbocycles. The van der Waals surface area contributed by atoms with Gasteiger partial charge < -0.3 is 19.5 Å². The maximum absolute atomic E-state index is 13.0. The molecule has 2 aromatic rings. The van der Waals surface area contributed by atoms with Gasteiger partial charge in [-0.2, -0.15) is 0 Å². The van der Waals surface area contributed by atoms with Crippen molar-refractivity contribution in [3.8, 4) is 11.5 Å². The summed E-state index contributed by atoms with van der Waals surface area (Å²) >= 11 is 0. The van der Waals surface area contributed by atoms with E-state index in [2.05, 4.69) is 26.8 Å². The predicted octanol–water partition coefficient (Wildman–Crippen LogP) is 3.62. The van der Waals surface area contributed by atoms with Crippen LogP contribution in [-0.4, -0.2) is 44.8 Å². The third-order valence-corrected chi connectivity index (χ3v) is 4.15. The molecule has 32 heavy (non-hydrogen) atoms. The number of ether oxygens (including phenoxy) is 3. The van der Waals surface area contributed by atoms with Gasteiger partial charge in [0.1, 0.15) is 29.2 Å². The molecule has 0 radical (unpaired) electrons. The number of benzene rings is 2. The highest BCUT2D eigenvalue weighted by Crippen LogP contribution is 2.22. The van der Waals surface area contributed by atoms with Crippen LogP contribution in [0.2, 0.25) is 0 Å². The van der Waals surface area contributed by atoms with Crippen LogP contribution >= 0.6 is 0 Å². The van der Waals surface area contributed by atoms with E-state index >= 15 is 0 Å². The van der Waals surface area contributed by atoms with Gasteiger partial charge in [-0.05, 0) is 68.2 Å². The molecule has 0 aromatic heterocycles. The lowest BCUT2D eigenvalue weighted by atomic mass is 10.2. The third kappa shape index (κ3) is 7.35. The molecule has 2 rings (SSSR count). The maximum atomic E-state index is 13.0. The number of methoxy groups -OCH3 is 2. The molecule has 0 amide bonds. The smallest absolute Gasteiger partial charge is 0.328 e. The summed E-state index contributed by atoms with van der Waals surface area (Å²) in [5.41, 5.74) is 0.614. The fourth-order valence-electron chi connectivity index (χ4n) is 2.47. The molecular weight excluding hydrogens is 417 g/mol. The van der Waals surface area contributed by atoms with Gasteiger partial charge in [0, 0.05) is 5.56 Å². The summed E-state index contributed by atoms with van der Waals surface area (Å²) in [6, 6.07) is 11.8. The van der Waals surface area contributed by atoms with E-state index in [1.807, 2.05) is 0 Å². The molecule has 0 spiro atoms. The van der Waals surface area contributed by atoms with E-state index < -0.39 is 18.0 Å². The average Bonchev–Trinajstić information content (AvgIpc) is 2.81. The molecule has 9 heteroatoms. The number of carbonyl (C=O) groups is 2. The summed E-state index contributed by atoms with van der Waals surface area (Å²) in [5.74, 6) is 0.171. The van der Waals surface area contributed by atoms with Crippen LogP contribution in [0.1, 0.15) is 18.9 Å². The van der Waals surface area contributed by atoms with E-state index in [0.717, 1.165) is 0 Å². The van der Waals surface area contributed by atoms with Crippen LogP contribution in [0.5, 0.6) is 11.5 Å².